The molecule has 0 aliphatic heterocycles. The maximum atomic E-state index is 11.8. The zero-order valence-electron chi connectivity index (χ0n) is 8.63. The molecule has 0 atom stereocenters. The van der Waals surface area contributed by atoms with Crippen LogP contribution in [0.15, 0.2) is 0 Å². The molecular weight excluding hydrogens is 193 g/mol. The number of hydrogen-bond donors (Lipinski definition) is 0. The first-order valence-corrected chi connectivity index (χ1v) is 7.07. The van der Waals surface area contributed by atoms with E-state index < -0.39 is 14.3 Å². The van der Waals surface area contributed by atoms with Crippen LogP contribution in [0, 0.1) is 11.5 Å². The van der Waals surface area contributed by atoms with Crippen LogP contribution in [-0.2, 0) is 0 Å². The van der Waals surface area contributed by atoms with Crippen molar-refractivity contribution < 1.29 is 13.2 Å². The van der Waals surface area contributed by atoms with Crippen molar-refractivity contribution in [2.75, 3.05) is 0 Å². The third kappa shape index (κ3) is 4.37. The Kier molecular flexibility index (Phi) is 3.26. The van der Waals surface area contributed by atoms with E-state index in [9.17, 15) is 13.2 Å². The van der Waals surface area contributed by atoms with Crippen LogP contribution < -0.4 is 0 Å². The monoisotopic (exact) mass is 208 g/mol. The topological polar surface area (TPSA) is 0 Å². The average Bonchev–Trinajstić information content (AvgIpc) is 1.79. The first-order chi connectivity index (χ1) is 5.46. The van der Waals surface area contributed by atoms with Gasteiger partial charge in [-0.3, -0.25) is 0 Å². The Morgan fingerprint density at radius 3 is 1.62 bits per heavy atom. The van der Waals surface area contributed by atoms with Gasteiger partial charge in [-0.25, -0.2) is 0 Å². The molecule has 4 heteroatoms. The molecule has 0 N–H and O–H groups in total. The van der Waals surface area contributed by atoms with E-state index in [1.54, 1.807) is 0 Å². The average molecular weight is 208 g/mol. The van der Waals surface area contributed by atoms with Gasteiger partial charge in [0.2, 0.25) is 0 Å². The van der Waals surface area contributed by atoms with Crippen LogP contribution in [0.3, 0.4) is 0 Å². The Hall–Kier alpha value is -0.433. The first kappa shape index (κ1) is 12.6. The quantitative estimate of drug-likeness (QED) is 0.421. The molecule has 0 heterocycles. The van der Waals surface area contributed by atoms with Gasteiger partial charge in [0.15, 0.2) is 0 Å². The van der Waals surface area contributed by atoms with E-state index in [-0.39, 0.29) is 5.04 Å². The van der Waals surface area contributed by atoms with Gasteiger partial charge >= 0.3 is 6.18 Å². The molecule has 0 aliphatic rings. The normalized spacial score (nSPS) is 13.5. The van der Waals surface area contributed by atoms with E-state index in [2.05, 4.69) is 5.54 Å². The molecule has 13 heavy (non-hydrogen) atoms. The van der Waals surface area contributed by atoms with Gasteiger partial charge in [0.1, 0.15) is 8.07 Å². The van der Waals surface area contributed by atoms with E-state index in [1.807, 2.05) is 33.9 Å². The fraction of sp³-hybridized carbons (Fsp3) is 0.778. The molecule has 0 aromatic carbocycles. The minimum atomic E-state index is -4.35. The minimum Gasteiger partial charge on any atom is -0.159 e. The molecule has 0 aromatic rings. The molecule has 0 saturated heterocycles. The predicted molar refractivity (Wildman–Crippen MR) is 51.0 cm³/mol. The van der Waals surface area contributed by atoms with Gasteiger partial charge in [0.05, 0.1) is 0 Å². The molecule has 0 spiro atoms. The summed E-state index contributed by atoms with van der Waals surface area (Å²) in [7, 11) is -2.10. The summed E-state index contributed by atoms with van der Waals surface area (Å²) in [5.41, 5.74) is 2.40. The van der Waals surface area contributed by atoms with Crippen LogP contribution in [0.25, 0.3) is 0 Å². The van der Waals surface area contributed by atoms with Crippen LogP contribution in [-0.4, -0.2) is 14.3 Å². The van der Waals surface area contributed by atoms with Crippen molar-refractivity contribution in [3.63, 3.8) is 0 Å². The summed E-state index contributed by atoms with van der Waals surface area (Å²) in [6.45, 7) is 9.51. The third-order valence-corrected chi connectivity index (χ3v) is 6.89. The summed E-state index contributed by atoms with van der Waals surface area (Å²) >= 11 is 0. The predicted octanol–water partition coefficient (Wildman–Crippen LogP) is 3.60. The Labute approximate surface area is 78.5 Å². The second-order valence-electron chi connectivity index (χ2n) is 4.62. The van der Waals surface area contributed by atoms with Gasteiger partial charge in [-0.2, -0.15) is 13.2 Å². The standard InChI is InChI=1S/C9H15F3Si/c1-8(2,3)13(4,5)7-6-9(10,11)12/h1-5H3. The fourth-order valence-corrected chi connectivity index (χ4v) is 1.24. The summed E-state index contributed by atoms with van der Waals surface area (Å²) < 4.78 is 35.5. The lowest BCUT2D eigenvalue weighted by Gasteiger charge is -2.31. The summed E-state index contributed by atoms with van der Waals surface area (Å²) in [6.07, 6.45) is -4.35. The van der Waals surface area contributed by atoms with Gasteiger partial charge in [0, 0.05) is 5.92 Å². The molecule has 0 bridgehead atoms. The van der Waals surface area contributed by atoms with Crippen molar-refractivity contribution in [3.8, 4) is 11.5 Å². The van der Waals surface area contributed by atoms with Crippen molar-refractivity contribution in [2.24, 2.45) is 0 Å². The van der Waals surface area contributed by atoms with Crippen molar-refractivity contribution in [3.05, 3.63) is 0 Å². The molecule has 0 nitrogen and oxygen atoms in total. The molecule has 0 unspecified atom stereocenters. The lowest BCUT2D eigenvalue weighted by molar-refractivity contribution is -0.0696. The fourth-order valence-electron chi connectivity index (χ4n) is 0.415. The summed E-state index contributed by atoms with van der Waals surface area (Å²) in [5.74, 6) is 1.38. The first-order valence-electron chi connectivity index (χ1n) is 4.07. The highest BCUT2D eigenvalue weighted by Gasteiger charge is 2.35. The van der Waals surface area contributed by atoms with E-state index in [0.717, 1.165) is 0 Å². The molecule has 0 fully saturated rings. The zero-order chi connectivity index (χ0) is 10.9. The van der Waals surface area contributed by atoms with E-state index in [4.69, 9.17) is 0 Å². The summed E-state index contributed by atoms with van der Waals surface area (Å²) in [6, 6.07) is 0. The summed E-state index contributed by atoms with van der Waals surface area (Å²) in [5, 5.41) is -0.120. The van der Waals surface area contributed by atoms with Crippen LogP contribution in [0.5, 0.6) is 0 Å². The highest BCUT2D eigenvalue weighted by atomic mass is 28.3. The van der Waals surface area contributed by atoms with Crippen LogP contribution in [0.4, 0.5) is 13.2 Å². The van der Waals surface area contributed by atoms with Gasteiger partial charge < -0.3 is 0 Å². The van der Waals surface area contributed by atoms with Crippen molar-refractivity contribution in [1.82, 2.24) is 0 Å². The van der Waals surface area contributed by atoms with Crippen LogP contribution in [0.2, 0.25) is 18.1 Å². The number of rotatable bonds is 0. The maximum Gasteiger partial charge on any atom is 0.457 e. The Bertz CT molecular complexity index is 234. The number of hydrogen-bond acceptors (Lipinski definition) is 0. The minimum absolute atomic E-state index is 0.120. The maximum absolute atomic E-state index is 11.8. The third-order valence-electron chi connectivity index (χ3n) is 2.39. The number of alkyl halides is 3. The van der Waals surface area contributed by atoms with Gasteiger partial charge in [0.25, 0.3) is 0 Å². The van der Waals surface area contributed by atoms with Gasteiger partial charge in [-0.05, 0) is 5.04 Å². The van der Waals surface area contributed by atoms with Crippen molar-refractivity contribution >= 4 is 8.07 Å². The van der Waals surface area contributed by atoms with E-state index in [0.29, 0.717) is 0 Å². The molecule has 0 radical (unpaired) electrons. The molecular formula is C9H15F3Si. The Balaban J connectivity index is 4.77. The lowest BCUT2D eigenvalue weighted by Crippen LogP contribution is -2.36. The zero-order valence-corrected chi connectivity index (χ0v) is 9.63. The van der Waals surface area contributed by atoms with Crippen molar-refractivity contribution in [2.45, 2.75) is 45.1 Å². The SMILES string of the molecule is CC(C)(C)[Si](C)(C)C#CC(F)(F)F. The van der Waals surface area contributed by atoms with Crippen LogP contribution >= 0.6 is 0 Å². The van der Waals surface area contributed by atoms with E-state index >= 15 is 0 Å². The van der Waals surface area contributed by atoms with Gasteiger partial charge in [-0.1, -0.05) is 33.9 Å². The molecule has 0 amide bonds. The summed E-state index contributed by atoms with van der Waals surface area (Å²) in [4.78, 5) is 0. The highest BCUT2D eigenvalue weighted by Crippen LogP contribution is 2.35. The second-order valence-corrected chi connectivity index (χ2v) is 9.62. The molecule has 0 aliphatic carbocycles. The molecule has 0 aromatic heterocycles. The molecule has 0 rings (SSSR count). The number of halogens is 3. The highest BCUT2D eigenvalue weighted by molar-refractivity contribution is 6.87. The second kappa shape index (κ2) is 3.37. The Morgan fingerprint density at radius 1 is 1.00 bits per heavy atom. The van der Waals surface area contributed by atoms with Crippen LogP contribution in [0.1, 0.15) is 20.8 Å². The van der Waals surface area contributed by atoms with Crippen molar-refractivity contribution in [1.29, 1.82) is 0 Å². The molecule has 76 valence electrons. The van der Waals surface area contributed by atoms with E-state index in [1.165, 1.54) is 5.92 Å². The van der Waals surface area contributed by atoms with Gasteiger partial charge in [-0.15, -0.1) is 5.54 Å². The largest absolute Gasteiger partial charge is 0.457 e. The Morgan fingerprint density at radius 2 is 1.38 bits per heavy atom. The lowest BCUT2D eigenvalue weighted by atomic mass is 10.2. The molecule has 0 saturated carbocycles. The smallest absolute Gasteiger partial charge is 0.159 e.